The number of hydrogen-bond donors (Lipinski definition) is 1. The predicted octanol–water partition coefficient (Wildman–Crippen LogP) is 2.79. The molecule has 1 N–H and O–H groups in total. The van der Waals surface area contributed by atoms with Crippen molar-refractivity contribution in [1.29, 1.82) is 0 Å². The van der Waals surface area contributed by atoms with Gasteiger partial charge in [-0.05, 0) is 12.1 Å². The van der Waals surface area contributed by atoms with Crippen LogP contribution in [0.5, 0.6) is 0 Å². The first-order valence-corrected chi connectivity index (χ1v) is 7.35. The Balaban J connectivity index is 1.97. The van der Waals surface area contributed by atoms with E-state index in [9.17, 15) is 4.79 Å². The molecular weight excluding hydrogens is 318 g/mol. The summed E-state index contributed by atoms with van der Waals surface area (Å²) in [6, 6.07) is 9.60. The Morgan fingerprint density at radius 1 is 1.30 bits per heavy atom. The van der Waals surface area contributed by atoms with Crippen molar-refractivity contribution in [2.45, 2.75) is 13.5 Å². The van der Waals surface area contributed by atoms with Crippen LogP contribution in [-0.2, 0) is 16.1 Å². The van der Waals surface area contributed by atoms with Gasteiger partial charge in [-0.15, -0.1) is 0 Å². The molecule has 0 aliphatic heterocycles. The number of aromatic nitrogens is 4. The van der Waals surface area contributed by atoms with Crippen LogP contribution >= 0.6 is 11.6 Å². The average Bonchev–Trinajstić information content (AvgIpc) is 2.87. The van der Waals surface area contributed by atoms with Gasteiger partial charge in [0.2, 0.25) is 5.95 Å². The summed E-state index contributed by atoms with van der Waals surface area (Å²) in [7, 11) is 0. The van der Waals surface area contributed by atoms with Crippen molar-refractivity contribution < 1.29 is 9.53 Å². The lowest BCUT2D eigenvalue weighted by Gasteiger charge is -2.10. The fraction of sp³-hybridized carbons (Fsp3) is 0.200. The van der Waals surface area contributed by atoms with Crippen molar-refractivity contribution in [3.8, 4) is 0 Å². The van der Waals surface area contributed by atoms with Gasteiger partial charge < -0.3 is 10.1 Å². The van der Waals surface area contributed by atoms with Gasteiger partial charge in [-0.1, -0.05) is 29.8 Å². The number of esters is 1. The molecule has 8 heteroatoms. The summed E-state index contributed by atoms with van der Waals surface area (Å²) in [5.74, 6) is 0.223. The maximum absolute atomic E-state index is 11.0. The Bertz CT molecular complexity index is 835. The number of carbonyl (C=O) groups excluding carboxylic acids is 1. The van der Waals surface area contributed by atoms with Crippen LogP contribution < -0.4 is 5.32 Å². The van der Waals surface area contributed by atoms with Crippen LogP contribution in [0.25, 0.3) is 11.2 Å². The van der Waals surface area contributed by atoms with E-state index in [0.29, 0.717) is 23.7 Å². The summed E-state index contributed by atoms with van der Waals surface area (Å²) in [5.41, 5.74) is 1.95. The number of hydrogen-bond acceptors (Lipinski definition) is 6. The summed E-state index contributed by atoms with van der Waals surface area (Å²) >= 11 is 6.09. The van der Waals surface area contributed by atoms with E-state index in [1.54, 1.807) is 4.57 Å². The molecule has 0 saturated carbocycles. The molecule has 0 amide bonds. The summed E-state index contributed by atoms with van der Waals surface area (Å²) < 4.78 is 6.81. The van der Waals surface area contributed by atoms with Gasteiger partial charge in [0.25, 0.3) is 0 Å². The van der Waals surface area contributed by atoms with Crippen molar-refractivity contribution in [3.05, 3.63) is 41.8 Å². The summed E-state index contributed by atoms with van der Waals surface area (Å²) in [5, 5.41) is 3.49. The Labute approximate surface area is 137 Å². The monoisotopic (exact) mass is 331 g/mol. The minimum absolute atomic E-state index is 0.214. The number of imidazole rings is 1. The second kappa shape index (κ2) is 6.62. The molecule has 0 unspecified atom stereocenters. The fourth-order valence-corrected chi connectivity index (χ4v) is 2.32. The third-order valence-electron chi connectivity index (χ3n) is 3.14. The zero-order chi connectivity index (χ0) is 16.2. The second-order valence-electron chi connectivity index (χ2n) is 4.75. The smallest absolute Gasteiger partial charge is 0.302 e. The molecule has 0 radical (unpaired) electrons. The standard InChI is InChI=1S/C15H14ClN5O2/c1-10(22)23-8-7-21-14-12(13(16)17-9-18-14)20-15(21)19-11-5-3-2-4-6-11/h2-6,9H,7-8H2,1H3,(H,19,20). The highest BCUT2D eigenvalue weighted by molar-refractivity contribution is 6.33. The minimum Gasteiger partial charge on any atom is -0.464 e. The van der Waals surface area contributed by atoms with Gasteiger partial charge in [0, 0.05) is 12.6 Å². The lowest BCUT2D eigenvalue weighted by molar-refractivity contribution is -0.141. The third kappa shape index (κ3) is 3.40. The molecule has 0 bridgehead atoms. The largest absolute Gasteiger partial charge is 0.464 e. The molecule has 0 saturated heterocycles. The quantitative estimate of drug-likeness (QED) is 0.572. The number of carbonyl (C=O) groups is 1. The number of nitrogens with one attached hydrogen (secondary N) is 1. The first kappa shape index (κ1) is 15.2. The van der Waals surface area contributed by atoms with E-state index >= 15 is 0 Å². The van der Waals surface area contributed by atoms with Crippen LogP contribution in [-0.4, -0.2) is 32.1 Å². The van der Waals surface area contributed by atoms with Gasteiger partial charge in [-0.25, -0.2) is 15.0 Å². The SMILES string of the molecule is CC(=O)OCCn1c(Nc2ccccc2)nc2c(Cl)ncnc21. The Kier molecular flexibility index (Phi) is 4.38. The van der Waals surface area contributed by atoms with Gasteiger partial charge >= 0.3 is 5.97 Å². The number of anilines is 2. The van der Waals surface area contributed by atoms with Crippen molar-refractivity contribution >= 4 is 40.4 Å². The lowest BCUT2D eigenvalue weighted by Crippen LogP contribution is -2.11. The van der Waals surface area contributed by atoms with Gasteiger partial charge in [0.1, 0.15) is 18.5 Å². The highest BCUT2D eigenvalue weighted by atomic mass is 35.5. The molecule has 0 atom stereocenters. The van der Waals surface area contributed by atoms with E-state index in [2.05, 4.69) is 20.3 Å². The van der Waals surface area contributed by atoms with Crippen molar-refractivity contribution in [1.82, 2.24) is 19.5 Å². The molecule has 3 rings (SSSR count). The van der Waals surface area contributed by atoms with Crippen LogP contribution in [0.4, 0.5) is 11.6 Å². The van der Waals surface area contributed by atoms with Crippen LogP contribution in [0.3, 0.4) is 0 Å². The predicted molar refractivity (Wildman–Crippen MR) is 86.7 cm³/mol. The Hall–Kier alpha value is -2.67. The van der Waals surface area contributed by atoms with Crippen molar-refractivity contribution in [3.63, 3.8) is 0 Å². The highest BCUT2D eigenvalue weighted by Crippen LogP contribution is 2.24. The van der Waals surface area contributed by atoms with Crippen LogP contribution in [0.15, 0.2) is 36.7 Å². The summed E-state index contributed by atoms with van der Waals surface area (Å²) in [6.07, 6.45) is 1.38. The Morgan fingerprint density at radius 3 is 2.83 bits per heavy atom. The molecule has 0 aliphatic rings. The first-order chi connectivity index (χ1) is 11.1. The van der Waals surface area contributed by atoms with Gasteiger partial charge in [-0.3, -0.25) is 9.36 Å². The normalized spacial score (nSPS) is 10.7. The molecule has 0 spiro atoms. The number of halogens is 1. The maximum Gasteiger partial charge on any atom is 0.302 e. The van der Waals surface area contributed by atoms with E-state index in [1.165, 1.54) is 13.3 Å². The number of rotatable bonds is 5. The van der Waals surface area contributed by atoms with Crippen LogP contribution in [0.2, 0.25) is 5.15 Å². The van der Waals surface area contributed by atoms with E-state index in [4.69, 9.17) is 16.3 Å². The molecule has 7 nitrogen and oxygen atoms in total. The van der Waals surface area contributed by atoms with E-state index in [1.807, 2.05) is 30.3 Å². The summed E-state index contributed by atoms with van der Waals surface area (Å²) in [6.45, 7) is 1.98. The number of para-hydroxylation sites is 1. The van der Waals surface area contributed by atoms with Crippen LogP contribution in [0, 0.1) is 0 Å². The fourth-order valence-electron chi connectivity index (χ4n) is 2.15. The Morgan fingerprint density at radius 2 is 2.09 bits per heavy atom. The topological polar surface area (TPSA) is 81.9 Å². The first-order valence-electron chi connectivity index (χ1n) is 6.97. The van der Waals surface area contributed by atoms with Gasteiger partial charge in [0.15, 0.2) is 10.8 Å². The molecule has 2 heterocycles. The molecule has 23 heavy (non-hydrogen) atoms. The molecule has 118 valence electrons. The molecule has 2 aromatic heterocycles. The third-order valence-corrected chi connectivity index (χ3v) is 3.41. The average molecular weight is 332 g/mol. The molecule has 1 aromatic carbocycles. The van der Waals surface area contributed by atoms with Gasteiger partial charge in [0.05, 0.1) is 6.54 Å². The van der Waals surface area contributed by atoms with E-state index < -0.39 is 0 Å². The molecule has 0 aliphatic carbocycles. The van der Waals surface area contributed by atoms with E-state index in [0.717, 1.165) is 5.69 Å². The molecule has 3 aromatic rings. The zero-order valence-corrected chi connectivity index (χ0v) is 13.1. The number of nitrogens with zero attached hydrogens (tertiary/aromatic N) is 4. The molecular formula is C15H14ClN5O2. The van der Waals surface area contributed by atoms with Gasteiger partial charge in [-0.2, -0.15) is 0 Å². The highest BCUT2D eigenvalue weighted by Gasteiger charge is 2.15. The lowest BCUT2D eigenvalue weighted by atomic mass is 10.3. The number of fused-ring (bicyclic) bond motifs is 1. The minimum atomic E-state index is -0.334. The number of benzene rings is 1. The number of ether oxygens (including phenoxy) is 1. The maximum atomic E-state index is 11.0. The second-order valence-corrected chi connectivity index (χ2v) is 5.11. The zero-order valence-electron chi connectivity index (χ0n) is 12.4. The van der Waals surface area contributed by atoms with Crippen LogP contribution in [0.1, 0.15) is 6.92 Å². The summed E-state index contributed by atoms with van der Waals surface area (Å²) in [4.78, 5) is 23.6. The van der Waals surface area contributed by atoms with Crippen molar-refractivity contribution in [2.75, 3.05) is 11.9 Å². The molecule has 0 fully saturated rings. The van der Waals surface area contributed by atoms with E-state index in [-0.39, 0.29) is 17.7 Å². The van der Waals surface area contributed by atoms with Crippen molar-refractivity contribution in [2.24, 2.45) is 0 Å².